The van der Waals surface area contributed by atoms with Gasteiger partial charge in [0.05, 0.1) is 10.6 Å². The number of hydrogen-bond acceptors (Lipinski definition) is 7. The number of nitrogens with one attached hydrogen (secondary N) is 2. The number of aryl methyl sites for hydroxylation is 1. The lowest BCUT2D eigenvalue weighted by Gasteiger charge is -2.35. The molecule has 0 aromatic heterocycles. The predicted octanol–water partition coefficient (Wildman–Crippen LogP) is 4.45. The summed E-state index contributed by atoms with van der Waals surface area (Å²) in [7, 11) is -3.96. The number of anilines is 2. The molecule has 1 aliphatic heterocycles. The van der Waals surface area contributed by atoms with Crippen molar-refractivity contribution in [3.63, 3.8) is 0 Å². The van der Waals surface area contributed by atoms with E-state index in [4.69, 9.17) is 9.47 Å². The Hall–Kier alpha value is -4.18. The number of rotatable bonds is 6. The van der Waals surface area contributed by atoms with E-state index >= 15 is 0 Å². The Morgan fingerprint density at radius 1 is 0.806 bits per heavy atom. The van der Waals surface area contributed by atoms with Gasteiger partial charge < -0.3 is 9.47 Å². The first-order chi connectivity index (χ1) is 17.2. The Labute approximate surface area is 208 Å². The summed E-state index contributed by atoms with van der Waals surface area (Å²) in [6, 6.07) is 21.5. The third-order valence-electron chi connectivity index (χ3n) is 5.74. The van der Waals surface area contributed by atoms with Crippen LogP contribution in [0.4, 0.5) is 21.0 Å². The molecule has 2 amide bonds. The van der Waals surface area contributed by atoms with Crippen LogP contribution in [0.15, 0.2) is 83.8 Å². The topological polar surface area (TPSA) is 128 Å². The van der Waals surface area contributed by atoms with Crippen molar-refractivity contribution >= 4 is 39.2 Å². The molecule has 186 valence electrons. The minimum atomic E-state index is -3.96. The fourth-order valence-electron chi connectivity index (χ4n) is 3.98. The number of hydrogen-bond donors (Lipinski definition) is 2. The molecule has 0 atom stereocenters. The third-order valence-corrected chi connectivity index (χ3v) is 7.69. The Morgan fingerprint density at radius 3 is 1.81 bits per heavy atom. The minimum Gasteiger partial charge on any atom is -0.448 e. The molecule has 0 fully saturated rings. The number of carbonyl (C=O) groups excluding carboxylic acids is 3. The van der Waals surface area contributed by atoms with Gasteiger partial charge in [0.15, 0.2) is 15.6 Å². The van der Waals surface area contributed by atoms with Crippen molar-refractivity contribution in [3.05, 3.63) is 90.0 Å². The van der Waals surface area contributed by atoms with Gasteiger partial charge in [-0.05, 0) is 42.8 Å². The quantitative estimate of drug-likeness (QED) is 0.503. The molecule has 0 aliphatic carbocycles. The summed E-state index contributed by atoms with van der Waals surface area (Å²) in [5, 5.41) is 5.04. The number of Topliss-reactive ketones (excluding diaryl/α,β-unsaturated/α-hetero) is 1. The molecule has 4 rings (SSSR count). The van der Waals surface area contributed by atoms with Crippen LogP contribution < -0.4 is 10.6 Å². The zero-order chi connectivity index (χ0) is 25.8. The number of amides is 2. The standard InChI is InChI=1S/C26H24N2O7S/c1-18-9-8-14-21-22(18)23(29)26(17-36(21,32)33,15-34-24(30)27-19-10-4-2-5-11-19)16-35-25(31)28-20-12-6-3-7-13-20/h2-14H,15-17H2,1H3,(H,27,30)(H,28,31). The van der Waals surface area contributed by atoms with E-state index in [-0.39, 0.29) is 10.5 Å². The minimum absolute atomic E-state index is 0.00267. The highest BCUT2D eigenvalue weighted by atomic mass is 32.2. The zero-order valence-corrected chi connectivity index (χ0v) is 20.2. The van der Waals surface area contributed by atoms with Crippen LogP contribution in [0.25, 0.3) is 0 Å². The second-order valence-corrected chi connectivity index (χ2v) is 10.4. The third kappa shape index (κ3) is 5.38. The molecule has 36 heavy (non-hydrogen) atoms. The van der Waals surface area contributed by atoms with Crippen molar-refractivity contribution in [2.45, 2.75) is 11.8 Å². The molecule has 10 heteroatoms. The summed E-state index contributed by atoms with van der Waals surface area (Å²) < 4.78 is 37.0. The first-order valence-electron chi connectivity index (χ1n) is 11.1. The van der Waals surface area contributed by atoms with Crippen molar-refractivity contribution in [2.75, 3.05) is 29.6 Å². The first-order valence-corrected chi connectivity index (χ1v) is 12.7. The van der Waals surface area contributed by atoms with Gasteiger partial charge >= 0.3 is 12.2 Å². The molecule has 0 saturated heterocycles. The second kappa shape index (κ2) is 10.2. The first kappa shape index (κ1) is 24.9. The van der Waals surface area contributed by atoms with Crippen molar-refractivity contribution in [1.82, 2.24) is 0 Å². The van der Waals surface area contributed by atoms with Crippen molar-refractivity contribution in [2.24, 2.45) is 5.41 Å². The highest BCUT2D eigenvalue weighted by Gasteiger charge is 2.51. The van der Waals surface area contributed by atoms with E-state index < -0.39 is 52.2 Å². The van der Waals surface area contributed by atoms with Crippen molar-refractivity contribution in [1.29, 1.82) is 0 Å². The van der Waals surface area contributed by atoms with E-state index in [9.17, 15) is 22.8 Å². The Balaban J connectivity index is 1.59. The Kier molecular flexibility index (Phi) is 7.07. The van der Waals surface area contributed by atoms with E-state index in [0.717, 1.165) is 0 Å². The van der Waals surface area contributed by atoms with Crippen LogP contribution in [0, 0.1) is 12.3 Å². The highest BCUT2D eigenvalue weighted by molar-refractivity contribution is 7.91. The van der Waals surface area contributed by atoms with Crippen LogP contribution in [0.3, 0.4) is 0 Å². The molecule has 1 aliphatic rings. The number of benzene rings is 3. The van der Waals surface area contributed by atoms with Crippen LogP contribution in [-0.4, -0.2) is 45.4 Å². The molecule has 3 aromatic carbocycles. The number of fused-ring (bicyclic) bond motifs is 1. The summed E-state index contributed by atoms with van der Waals surface area (Å²) >= 11 is 0. The Bertz CT molecular complexity index is 1330. The van der Waals surface area contributed by atoms with Gasteiger partial charge in [-0.2, -0.15) is 0 Å². The zero-order valence-electron chi connectivity index (χ0n) is 19.4. The maximum Gasteiger partial charge on any atom is 0.411 e. The molecule has 9 nitrogen and oxygen atoms in total. The smallest absolute Gasteiger partial charge is 0.411 e. The number of ether oxygens (including phenoxy) is 2. The van der Waals surface area contributed by atoms with Gasteiger partial charge in [0.2, 0.25) is 0 Å². The molecule has 0 bridgehead atoms. The lowest BCUT2D eigenvalue weighted by molar-refractivity contribution is 0.0378. The Morgan fingerprint density at radius 2 is 1.31 bits per heavy atom. The normalized spacial score (nSPS) is 15.3. The fourth-order valence-corrected chi connectivity index (χ4v) is 6.01. The van der Waals surface area contributed by atoms with Crippen LogP contribution in [-0.2, 0) is 19.3 Å². The average molecular weight is 509 g/mol. The molecular weight excluding hydrogens is 484 g/mol. The average Bonchev–Trinajstić information content (AvgIpc) is 2.86. The number of carbonyl (C=O) groups is 3. The lowest BCUT2D eigenvalue weighted by atomic mass is 9.81. The maximum absolute atomic E-state index is 13.7. The van der Waals surface area contributed by atoms with Gasteiger partial charge in [0, 0.05) is 16.9 Å². The largest absolute Gasteiger partial charge is 0.448 e. The van der Waals surface area contributed by atoms with Gasteiger partial charge in [-0.25, -0.2) is 18.0 Å². The molecule has 2 N–H and O–H groups in total. The van der Waals surface area contributed by atoms with E-state index in [2.05, 4.69) is 10.6 Å². The van der Waals surface area contributed by atoms with Crippen LogP contribution in [0.1, 0.15) is 15.9 Å². The van der Waals surface area contributed by atoms with Crippen molar-refractivity contribution < 1.29 is 32.3 Å². The number of ketones is 1. The van der Waals surface area contributed by atoms with E-state index in [1.165, 1.54) is 6.07 Å². The van der Waals surface area contributed by atoms with Crippen LogP contribution in [0.5, 0.6) is 0 Å². The summed E-state index contributed by atoms with van der Waals surface area (Å²) in [6.07, 6.45) is -1.76. The van der Waals surface area contributed by atoms with Gasteiger partial charge in [-0.15, -0.1) is 0 Å². The highest BCUT2D eigenvalue weighted by Crippen LogP contribution is 2.38. The number of sulfone groups is 1. The predicted molar refractivity (Wildman–Crippen MR) is 133 cm³/mol. The fraction of sp³-hybridized carbons (Fsp3) is 0.192. The van der Waals surface area contributed by atoms with Crippen molar-refractivity contribution in [3.8, 4) is 0 Å². The summed E-state index contributed by atoms with van der Waals surface area (Å²) in [6.45, 7) is 0.389. The second-order valence-electron chi connectivity index (χ2n) is 8.45. The molecular formula is C26H24N2O7S. The van der Waals surface area contributed by atoms with E-state index in [1.54, 1.807) is 79.7 Å². The monoisotopic (exact) mass is 508 g/mol. The molecule has 0 unspecified atom stereocenters. The molecule has 0 spiro atoms. The number of para-hydroxylation sites is 2. The van der Waals surface area contributed by atoms with E-state index in [1.807, 2.05) is 0 Å². The van der Waals surface area contributed by atoms with Gasteiger partial charge in [-0.3, -0.25) is 15.4 Å². The molecule has 1 heterocycles. The van der Waals surface area contributed by atoms with Crippen LogP contribution >= 0.6 is 0 Å². The summed E-state index contributed by atoms with van der Waals surface area (Å²) in [5.74, 6) is -1.27. The van der Waals surface area contributed by atoms with E-state index in [0.29, 0.717) is 16.9 Å². The van der Waals surface area contributed by atoms with Gasteiger partial charge in [0.25, 0.3) is 0 Å². The van der Waals surface area contributed by atoms with Crippen LogP contribution in [0.2, 0.25) is 0 Å². The maximum atomic E-state index is 13.7. The lowest BCUT2D eigenvalue weighted by Crippen LogP contribution is -2.50. The van der Waals surface area contributed by atoms with Gasteiger partial charge in [0.1, 0.15) is 18.6 Å². The molecule has 0 saturated carbocycles. The summed E-state index contributed by atoms with van der Waals surface area (Å²) in [5.41, 5.74) is -0.465. The van der Waals surface area contributed by atoms with Gasteiger partial charge in [-0.1, -0.05) is 48.5 Å². The summed E-state index contributed by atoms with van der Waals surface area (Å²) in [4.78, 5) is 38.5. The molecule has 3 aromatic rings. The molecule has 0 radical (unpaired) electrons. The SMILES string of the molecule is Cc1cccc2c1C(=O)C(COC(=O)Nc1ccccc1)(COC(=O)Nc1ccccc1)CS2(=O)=O.